The molecule has 1 heterocycles. The van der Waals surface area contributed by atoms with Crippen molar-refractivity contribution in [3.63, 3.8) is 0 Å². The van der Waals surface area contributed by atoms with Gasteiger partial charge in [0.25, 0.3) is 0 Å². The molecule has 1 rings (SSSR count). The molecular formula is C8H13NO. The second-order valence-electron chi connectivity index (χ2n) is 2.36. The average molecular weight is 139 g/mol. The highest BCUT2D eigenvalue weighted by atomic mass is 16.5. The number of hydrogen-bond donors (Lipinski definition) is 1. The molecule has 1 aliphatic rings. The first-order valence-electron chi connectivity index (χ1n) is 3.62. The molecule has 0 bridgehead atoms. The highest BCUT2D eigenvalue weighted by Crippen LogP contribution is 2.13. The molecule has 2 nitrogen and oxygen atoms in total. The molecule has 0 spiro atoms. The van der Waals surface area contributed by atoms with Gasteiger partial charge in [-0.15, -0.1) is 0 Å². The summed E-state index contributed by atoms with van der Waals surface area (Å²) in [5, 5.41) is 3.09. The second kappa shape index (κ2) is 3.30. The topological polar surface area (TPSA) is 21.3 Å². The average Bonchev–Trinajstić information content (AvgIpc) is 1.94. The third kappa shape index (κ3) is 1.53. The Morgan fingerprint density at radius 1 is 1.60 bits per heavy atom. The molecule has 56 valence electrons. The fourth-order valence-corrected chi connectivity index (χ4v) is 0.918. The van der Waals surface area contributed by atoms with Crippen LogP contribution in [0.3, 0.4) is 0 Å². The van der Waals surface area contributed by atoms with Gasteiger partial charge < -0.3 is 10.1 Å². The first-order valence-corrected chi connectivity index (χ1v) is 3.62. The highest BCUT2D eigenvalue weighted by molar-refractivity contribution is 5.10. The summed E-state index contributed by atoms with van der Waals surface area (Å²) in [6.45, 7) is 4.16. The Hall–Kier alpha value is -0.920. The molecule has 0 saturated carbocycles. The number of rotatable bonds is 2. The van der Waals surface area contributed by atoms with Crippen LogP contribution in [-0.4, -0.2) is 0 Å². The minimum absolute atomic E-state index is 1.02. The zero-order valence-electron chi connectivity index (χ0n) is 6.48. The molecule has 0 fully saturated rings. The Morgan fingerprint density at radius 3 is 3.00 bits per heavy atom. The van der Waals surface area contributed by atoms with Gasteiger partial charge in [-0.3, -0.25) is 0 Å². The summed E-state index contributed by atoms with van der Waals surface area (Å²) in [6.07, 6.45) is 5.62. The summed E-state index contributed by atoms with van der Waals surface area (Å²) in [7, 11) is 0. The van der Waals surface area contributed by atoms with E-state index in [2.05, 4.69) is 12.2 Å². The van der Waals surface area contributed by atoms with Crippen LogP contribution >= 0.6 is 0 Å². The lowest BCUT2D eigenvalue weighted by Gasteiger charge is -2.14. The van der Waals surface area contributed by atoms with Crippen molar-refractivity contribution in [2.45, 2.75) is 26.7 Å². The number of allylic oxidation sites excluding steroid dienone is 2. The van der Waals surface area contributed by atoms with Gasteiger partial charge in [0.1, 0.15) is 12.0 Å². The molecule has 0 atom stereocenters. The summed E-state index contributed by atoms with van der Waals surface area (Å²) in [6, 6.07) is 0. The number of hydrogen-bond acceptors (Lipinski definition) is 2. The zero-order chi connectivity index (χ0) is 7.40. The van der Waals surface area contributed by atoms with E-state index in [1.165, 1.54) is 0 Å². The highest BCUT2D eigenvalue weighted by Gasteiger charge is 2.03. The molecule has 0 aromatic rings. The van der Waals surface area contributed by atoms with E-state index < -0.39 is 0 Å². The first kappa shape index (κ1) is 7.19. The van der Waals surface area contributed by atoms with E-state index in [-0.39, 0.29) is 0 Å². The predicted molar refractivity (Wildman–Crippen MR) is 41.0 cm³/mol. The zero-order valence-corrected chi connectivity index (χ0v) is 6.48. The maximum absolute atomic E-state index is 5.27. The largest absolute Gasteiger partial charge is 0.466 e. The lowest BCUT2D eigenvalue weighted by molar-refractivity contribution is 0.312. The monoisotopic (exact) mass is 139 g/mol. The SMILES string of the molecule is CCCC1=C(C)NC=CO1. The van der Waals surface area contributed by atoms with E-state index in [9.17, 15) is 0 Å². The van der Waals surface area contributed by atoms with Crippen LogP contribution in [-0.2, 0) is 4.74 Å². The van der Waals surface area contributed by atoms with Gasteiger partial charge in [0.05, 0.1) is 5.70 Å². The summed E-state index contributed by atoms with van der Waals surface area (Å²) < 4.78 is 5.27. The smallest absolute Gasteiger partial charge is 0.122 e. The van der Waals surface area contributed by atoms with Crippen LogP contribution in [0.2, 0.25) is 0 Å². The van der Waals surface area contributed by atoms with Crippen LogP contribution in [0.15, 0.2) is 23.9 Å². The normalized spacial score (nSPS) is 16.6. The van der Waals surface area contributed by atoms with Crippen LogP contribution in [0.25, 0.3) is 0 Å². The third-order valence-corrected chi connectivity index (χ3v) is 1.47. The molecule has 1 N–H and O–H groups in total. The quantitative estimate of drug-likeness (QED) is 0.632. The van der Waals surface area contributed by atoms with Crippen LogP contribution in [0.4, 0.5) is 0 Å². The first-order chi connectivity index (χ1) is 4.84. The standard InChI is InChI=1S/C8H13NO/c1-3-4-8-7(2)9-5-6-10-8/h5-6,9H,3-4H2,1-2H3. The van der Waals surface area contributed by atoms with Crippen molar-refractivity contribution in [1.29, 1.82) is 0 Å². The summed E-state index contributed by atoms with van der Waals surface area (Å²) in [5.74, 6) is 1.06. The van der Waals surface area contributed by atoms with Gasteiger partial charge in [0, 0.05) is 12.6 Å². The van der Waals surface area contributed by atoms with Crippen molar-refractivity contribution in [2.75, 3.05) is 0 Å². The molecule has 0 aliphatic carbocycles. The van der Waals surface area contributed by atoms with E-state index >= 15 is 0 Å². The Balaban J connectivity index is 2.53. The molecule has 0 aromatic heterocycles. The lowest BCUT2D eigenvalue weighted by atomic mass is 10.2. The lowest BCUT2D eigenvalue weighted by Crippen LogP contribution is -2.10. The van der Waals surface area contributed by atoms with E-state index in [0.717, 1.165) is 24.3 Å². The van der Waals surface area contributed by atoms with Crippen molar-refractivity contribution < 1.29 is 4.74 Å². The fourth-order valence-electron chi connectivity index (χ4n) is 0.918. The van der Waals surface area contributed by atoms with Gasteiger partial charge in [-0.25, -0.2) is 0 Å². The molecule has 0 radical (unpaired) electrons. The molecule has 0 unspecified atom stereocenters. The van der Waals surface area contributed by atoms with Gasteiger partial charge in [-0.05, 0) is 13.3 Å². The van der Waals surface area contributed by atoms with Crippen molar-refractivity contribution in [3.8, 4) is 0 Å². The fraction of sp³-hybridized carbons (Fsp3) is 0.500. The van der Waals surface area contributed by atoms with Gasteiger partial charge >= 0.3 is 0 Å². The van der Waals surface area contributed by atoms with Gasteiger partial charge in [0.15, 0.2) is 0 Å². The van der Waals surface area contributed by atoms with Gasteiger partial charge in [0.2, 0.25) is 0 Å². The van der Waals surface area contributed by atoms with Crippen molar-refractivity contribution in [2.24, 2.45) is 0 Å². The molecular weight excluding hydrogens is 126 g/mol. The van der Waals surface area contributed by atoms with Gasteiger partial charge in [-0.2, -0.15) is 0 Å². The van der Waals surface area contributed by atoms with E-state index in [1.54, 1.807) is 12.5 Å². The summed E-state index contributed by atoms with van der Waals surface area (Å²) >= 11 is 0. The minimum atomic E-state index is 1.02. The predicted octanol–water partition coefficient (Wildman–Crippen LogP) is 2.11. The van der Waals surface area contributed by atoms with Gasteiger partial charge in [-0.1, -0.05) is 6.92 Å². The second-order valence-corrected chi connectivity index (χ2v) is 2.36. The molecule has 1 aliphatic heterocycles. The maximum atomic E-state index is 5.27. The van der Waals surface area contributed by atoms with E-state index in [0.29, 0.717) is 0 Å². The van der Waals surface area contributed by atoms with E-state index in [4.69, 9.17) is 4.74 Å². The van der Waals surface area contributed by atoms with E-state index in [1.807, 2.05) is 6.92 Å². The Bertz CT molecular complexity index is 170. The Morgan fingerprint density at radius 2 is 2.40 bits per heavy atom. The van der Waals surface area contributed by atoms with Crippen LogP contribution in [0, 0.1) is 0 Å². The molecule has 10 heavy (non-hydrogen) atoms. The minimum Gasteiger partial charge on any atom is -0.466 e. The third-order valence-electron chi connectivity index (χ3n) is 1.47. The van der Waals surface area contributed by atoms with Crippen molar-refractivity contribution in [1.82, 2.24) is 5.32 Å². The molecule has 0 saturated heterocycles. The Labute approximate surface area is 61.6 Å². The van der Waals surface area contributed by atoms with Crippen molar-refractivity contribution in [3.05, 3.63) is 23.9 Å². The molecule has 2 heteroatoms. The van der Waals surface area contributed by atoms with Crippen LogP contribution in [0.1, 0.15) is 26.7 Å². The van der Waals surface area contributed by atoms with Crippen LogP contribution < -0.4 is 5.32 Å². The van der Waals surface area contributed by atoms with Crippen molar-refractivity contribution >= 4 is 0 Å². The molecule has 0 aromatic carbocycles. The number of ether oxygens (including phenoxy) is 1. The molecule has 0 amide bonds. The maximum Gasteiger partial charge on any atom is 0.122 e. The van der Waals surface area contributed by atoms with Crippen LogP contribution in [0.5, 0.6) is 0 Å². The Kier molecular flexibility index (Phi) is 2.37. The summed E-state index contributed by atoms with van der Waals surface area (Å²) in [4.78, 5) is 0. The number of nitrogens with one attached hydrogen (secondary N) is 1. The summed E-state index contributed by atoms with van der Waals surface area (Å²) in [5.41, 5.74) is 1.13.